The van der Waals surface area contributed by atoms with Crippen LogP contribution in [-0.4, -0.2) is 72.3 Å². The molecule has 0 radical (unpaired) electrons. The van der Waals surface area contributed by atoms with E-state index in [-0.39, 0.29) is 31.9 Å². The van der Waals surface area contributed by atoms with E-state index in [1.54, 1.807) is 43.0 Å². The predicted octanol–water partition coefficient (Wildman–Crippen LogP) is 6.03. The highest BCUT2D eigenvalue weighted by molar-refractivity contribution is 7.99. The Balaban J connectivity index is 1.99. The zero-order chi connectivity index (χ0) is 28.7. The van der Waals surface area contributed by atoms with Gasteiger partial charge in [0.1, 0.15) is 12.4 Å². The van der Waals surface area contributed by atoms with Crippen LogP contribution >= 0.6 is 11.8 Å². The molecule has 0 spiro atoms. The van der Waals surface area contributed by atoms with Crippen LogP contribution in [0.15, 0.2) is 48.5 Å². The molecule has 0 saturated carbocycles. The van der Waals surface area contributed by atoms with Gasteiger partial charge >= 0.3 is 18.4 Å². The van der Waals surface area contributed by atoms with Crippen LogP contribution in [0.1, 0.15) is 32.3 Å². The van der Waals surface area contributed by atoms with E-state index in [2.05, 4.69) is 11.7 Å². The number of amides is 1. The molecule has 12 heteroatoms. The van der Waals surface area contributed by atoms with E-state index in [0.29, 0.717) is 18.7 Å². The number of aliphatic carboxylic acids is 1. The Hall–Kier alpha value is -3.12. The molecule has 2 aromatic rings. The van der Waals surface area contributed by atoms with Crippen molar-refractivity contribution in [3.63, 3.8) is 0 Å². The molecule has 0 fully saturated rings. The Morgan fingerprint density at radius 1 is 1.00 bits per heavy atom. The quantitative estimate of drug-likeness (QED) is 0.229. The molecule has 0 bridgehead atoms. The van der Waals surface area contributed by atoms with Gasteiger partial charge in [-0.1, -0.05) is 31.2 Å². The van der Waals surface area contributed by atoms with Crippen LogP contribution in [0.25, 0.3) is 0 Å². The molecule has 39 heavy (non-hydrogen) atoms. The Labute approximate surface area is 230 Å². The van der Waals surface area contributed by atoms with Crippen molar-refractivity contribution >= 4 is 23.8 Å². The average molecular weight is 574 g/mol. The fourth-order valence-corrected chi connectivity index (χ4v) is 4.25. The summed E-state index contributed by atoms with van der Waals surface area (Å²) in [6, 6.07) is 11.9. The van der Waals surface area contributed by atoms with Gasteiger partial charge in [-0.05, 0) is 61.1 Å². The summed E-state index contributed by atoms with van der Waals surface area (Å²) in [5, 5.41) is 9.24. The first-order valence-corrected chi connectivity index (χ1v) is 13.7. The topological polar surface area (TPSA) is 94.5 Å². The first-order valence-electron chi connectivity index (χ1n) is 12.6. The lowest BCUT2D eigenvalue weighted by Gasteiger charge is -2.23. The minimum absolute atomic E-state index is 0.105. The average Bonchev–Trinajstić information content (AvgIpc) is 2.88. The van der Waals surface area contributed by atoms with Crippen LogP contribution in [0.2, 0.25) is 0 Å². The summed E-state index contributed by atoms with van der Waals surface area (Å²) in [6.45, 7) is 4.65. The zero-order valence-corrected chi connectivity index (χ0v) is 22.8. The first-order chi connectivity index (χ1) is 18.6. The summed E-state index contributed by atoms with van der Waals surface area (Å²) in [7, 11) is 0. The fourth-order valence-electron chi connectivity index (χ4n) is 3.43. The van der Waals surface area contributed by atoms with Gasteiger partial charge in [0, 0.05) is 19.6 Å². The first kappa shape index (κ1) is 32.1. The Bertz CT molecular complexity index is 1020. The monoisotopic (exact) mass is 573 g/mol. The lowest BCUT2D eigenvalue weighted by atomic mass is 10.1. The van der Waals surface area contributed by atoms with Gasteiger partial charge in [-0.2, -0.15) is 11.8 Å². The number of thioether (sulfide) groups is 1. The largest absolute Gasteiger partial charge is 0.573 e. The molecule has 0 aliphatic heterocycles. The van der Waals surface area contributed by atoms with E-state index < -0.39 is 30.3 Å². The third-order valence-electron chi connectivity index (χ3n) is 5.21. The molecule has 0 saturated heterocycles. The smallest absolute Gasteiger partial charge is 0.492 e. The Kier molecular flexibility index (Phi) is 13.8. The van der Waals surface area contributed by atoms with E-state index in [1.807, 2.05) is 0 Å². The molecule has 1 N–H and O–H groups in total. The molecule has 8 nitrogen and oxygen atoms in total. The van der Waals surface area contributed by atoms with E-state index >= 15 is 0 Å². The van der Waals surface area contributed by atoms with Gasteiger partial charge in [0.15, 0.2) is 17.6 Å². The summed E-state index contributed by atoms with van der Waals surface area (Å²) in [5.41, 5.74) is 0.762. The van der Waals surface area contributed by atoms with Crippen LogP contribution in [0.4, 0.5) is 18.0 Å². The molecule has 216 valence electrons. The highest BCUT2D eigenvalue weighted by atomic mass is 32.2. The second-order valence-corrected chi connectivity index (χ2v) is 9.52. The van der Waals surface area contributed by atoms with Crippen molar-refractivity contribution in [2.75, 3.05) is 37.8 Å². The van der Waals surface area contributed by atoms with Crippen molar-refractivity contribution in [3.8, 4) is 17.2 Å². The highest BCUT2D eigenvalue weighted by Crippen LogP contribution is 2.32. The minimum atomic E-state index is -4.93. The second kappa shape index (κ2) is 16.8. The van der Waals surface area contributed by atoms with Crippen molar-refractivity contribution in [1.29, 1.82) is 0 Å². The lowest BCUT2D eigenvalue weighted by Crippen LogP contribution is -2.38. The van der Waals surface area contributed by atoms with Gasteiger partial charge in [-0.3, -0.25) is 0 Å². The van der Waals surface area contributed by atoms with Crippen molar-refractivity contribution in [3.05, 3.63) is 54.1 Å². The number of alkyl halides is 3. The maximum atomic E-state index is 12.9. The SMILES string of the molecule is CCCSCCCN(CCOc1ccc(CC(OCC)C(=O)O)cc1)C(=O)Oc1ccccc1OC(F)(F)F. The van der Waals surface area contributed by atoms with Gasteiger partial charge in [-0.15, -0.1) is 13.2 Å². The van der Waals surface area contributed by atoms with Gasteiger partial charge in [0.2, 0.25) is 0 Å². The standard InChI is InChI=1S/C27H34F3NO7S/c1-3-17-39-18-7-14-31(26(34)37-22-8-5-6-9-23(22)38-27(28,29)30)15-16-36-21-12-10-20(11-13-21)19-24(25(32)33)35-4-2/h5-6,8-13,24H,3-4,7,14-19H2,1-2H3,(H,32,33). The number of carboxylic acid groups (broad SMARTS) is 1. The van der Waals surface area contributed by atoms with E-state index in [1.165, 1.54) is 23.1 Å². The number of hydrogen-bond donors (Lipinski definition) is 1. The molecular formula is C27H34F3NO7S. The van der Waals surface area contributed by atoms with Crippen molar-refractivity contribution in [2.24, 2.45) is 0 Å². The number of hydrogen-bond acceptors (Lipinski definition) is 7. The van der Waals surface area contributed by atoms with Crippen LogP contribution in [-0.2, 0) is 16.0 Å². The summed E-state index contributed by atoms with van der Waals surface area (Å²) < 4.78 is 58.5. The van der Waals surface area contributed by atoms with E-state index in [0.717, 1.165) is 29.6 Å². The van der Waals surface area contributed by atoms with Gasteiger partial charge in [0.25, 0.3) is 0 Å². The summed E-state index contributed by atoms with van der Waals surface area (Å²) in [5.74, 6) is 0.328. The van der Waals surface area contributed by atoms with Crippen molar-refractivity contribution in [1.82, 2.24) is 4.90 Å². The molecule has 1 amide bonds. The lowest BCUT2D eigenvalue weighted by molar-refractivity contribution is -0.275. The number of rotatable bonds is 17. The highest BCUT2D eigenvalue weighted by Gasteiger charge is 2.33. The molecule has 1 atom stereocenters. The van der Waals surface area contributed by atoms with Gasteiger partial charge < -0.3 is 29.0 Å². The summed E-state index contributed by atoms with van der Waals surface area (Å²) in [6.07, 6.45) is -4.79. The molecule has 2 rings (SSSR count). The van der Waals surface area contributed by atoms with Crippen LogP contribution in [0, 0.1) is 0 Å². The van der Waals surface area contributed by atoms with Crippen LogP contribution < -0.4 is 14.2 Å². The third-order valence-corrected chi connectivity index (χ3v) is 6.49. The molecule has 0 aliphatic carbocycles. The number of ether oxygens (including phenoxy) is 4. The number of carboxylic acids is 1. The van der Waals surface area contributed by atoms with Crippen molar-refractivity contribution in [2.45, 2.75) is 45.6 Å². The number of para-hydroxylation sites is 2. The van der Waals surface area contributed by atoms with E-state index in [9.17, 15) is 27.9 Å². The summed E-state index contributed by atoms with van der Waals surface area (Å²) in [4.78, 5) is 25.6. The Morgan fingerprint density at radius 3 is 2.31 bits per heavy atom. The number of benzene rings is 2. The second-order valence-electron chi connectivity index (χ2n) is 8.29. The fraction of sp³-hybridized carbons (Fsp3) is 0.481. The molecule has 1 unspecified atom stereocenters. The third kappa shape index (κ3) is 12.5. The Morgan fingerprint density at radius 2 is 1.69 bits per heavy atom. The van der Waals surface area contributed by atoms with Crippen molar-refractivity contribution < 1.29 is 46.8 Å². The minimum Gasteiger partial charge on any atom is -0.492 e. The summed E-state index contributed by atoms with van der Waals surface area (Å²) >= 11 is 1.75. The number of halogens is 3. The molecule has 2 aromatic carbocycles. The van der Waals surface area contributed by atoms with Crippen LogP contribution in [0.3, 0.4) is 0 Å². The normalized spacial score (nSPS) is 12.0. The molecule has 0 aliphatic rings. The van der Waals surface area contributed by atoms with Gasteiger partial charge in [0.05, 0.1) is 6.54 Å². The van der Waals surface area contributed by atoms with E-state index in [4.69, 9.17) is 14.2 Å². The molecule has 0 heterocycles. The molecular weight excluding hydrogens is 539 g/mol. The molecule has 0 aromatic heterocycles. The van der Waals surface area contributed by atoms with Gasteiger partial charge in [-0.25, -0.2) is 9.59 Å². The van der Waals surface area contributed by atoms with Crippen LogP contribution in [0.5, 0.6) is 17.2 Å². The maximum Gasteiger partial charge on any atom is 0.573 e. The number of carbonyl (C=O) groups excluding carboxylic acids is 1. The number of nitrogens with zero attached hydrogens (tertiary/aromatic N) is 1. The number of carbonyl (C=O) groups is 2. The predicted molar refractivity (Wildman–Crippen MR) is 142 cm³/mol. The maximum absolute atomic E-state index is 12.9. The zero-order valence-electron chi connectivity index (χ0n) is 21.9.